The Labute approximate surface area is 224 Å². The lowest BCUT2D eigenvalue weighted by molar-refractivity contribution is -0.153. The van der Waals surface area contributed by atoms with Gasteiger partial charge in [-0.2, -0.15) is 0 Å². The molecule has 4 N–H and O–H groups in total. The number of carboxylic acids is 1. The van der Waals surface area contributed by atoms with E-state index < -0.39 is 40.7 Å². The van der Waals surface area contributed by atoms with Crippen LogP contribution in [0.2, 0.25) is 0 Å². The molecule has 1 unspecified atom stereocenters. The van der Waals surface area contributed by atoms with Crippen LogP contribution in [0.5, 0.6) is 11.5 Å². The number of aliphatic hydroxyl groups is 1. The lowest BCUT2D eigenvalue weighted by Gasteiger charge is -2.39. The number of piperidine rings is 1. The highest BCUT2D eigenvalue weighted by Gasteiger charge is 2.41. The Morgan fingerprint density at radius 1 is 1.18 bits per heavy atom. The molecule has 4 rings (SSSR count). The van der Waals surface area contributed by atoms with E-state index in [4.69, 9.17) is 15.2 Å². The number of nitrogens with zero attached hydrogens (tertiary/aromatic N) is 2. The number of rotatable bonds is 11. The van der Waals surface area contributed by atoms with Crippen LogP contribution in [0.25, 0.3) is 10.9 Å². The minimum absolute atomic E-state index is 0.0430. The van der Waals surface area contributed by atoms with Gasteiger partial charge in [-0.1, -0.05) is 0 Å². The first-order valence-electron chi connectivity index (χ1n) is 12.7. The van der Waals surface area contributed by atoms with Gasteiger partial charge in [0.1, 0.15) is 18.2 Å². The molecule has 1 aliphatic heterocycles. The van der Waals surface area contributed by atoms with E-state index in [1.807, 2.05) is 4.90 Å². The normalized spacial score (nSPS) is 16.3. The van der Waals surface area contributed by atoms with Crippen LogP contribution in [0, 0.1) is 22.9 Å². The van der Waals surface area contributed by atoms with Crippen LogP contribution < -0.4 is 15.2 Å². The Balaban J connectivity index is 1.39. The molecule has 210 valence electrons. The molecule has 0 spiro atoms. The highest BCUT2D eigenvalue weighted by molar-refractivity contribution is 5.85. The smallest absolute Gasteiger partial charge is 0.309 e. The van der Waals surface area contributed by atoms with Gasteiger partial charge in [-0.05, 0) is 68.1 Å². The van der Waals surface area contributed by atoms with Gasteiger partial charge in [0.05, 0.1) is 24.1 Å². The molecule has 11 heteroatoms. The molecule has 1 atom stereocenters. The molecule has 39 heavy (non-hydrogen) atoms. The Kier molecular flexibility index (Phi) is 8.94. The van der Waals surface area contributed by atoms with E-state index in [9.17, 15) is 28.2 Å². The fourth-order valence-corrected chi connectivity index (χ4v) is 5.19. The standard InChI is InChI=1S/C28H32F3N3O5/c1-38-19-2-3-23-20(14-19)25(17(15-32)16-33-23)24(35)4-5-28(27(36)37)6-8-34(9-7-28)10-11-39-26-21(30)12-18(29)13-22(26)31/h2-3,12-14,16,24,35H,4-11,15,32H2,1H3,(H,36,37). The van der Waals surface area contributed by atoms with Crippen molar-refractivity contribution in [2.75, 3.05) is 33.4 Å². The summed E-state index contributed by atoms with van der Waals surface area (Å²) in [6.07, 6.45) is 1.81. The summed E-state index contributed by atoms with van der Waals surface area (Å²) >= 11 is 0. The molecule has 2 aromatic carbocycles. The van der Waals surface area contributed by atoms with Gasteiger partial charge < -0.3 is 25.4 Å². The second kappa shape index (κ2) is 12.2. The molecule has 2 heterocycles. The average molecular weight is 548 g/mol. The number of pyridine rings is 1. The maximum absolute atomic E-state index is 13.8. The third kappa shape index (κ3) is 6.26. The van der Waals surface area contributed by atoms with Crippen LogP contribution in [-0.2, 0) is 11.3 Å². The van der Waals surface area contributed by atoms with Crippen LogP contribution in [0.15, 0.2) is 36.5 Å². The summed E-state index contributed by atoms with van der Waals surface area (Å²) in [5.74, 6) is -4.22. The van der Waals surface area contributed by atoms with Crippen molar-refractivity contribution >= 4 is 16.9 Å². The summed E-state index contributed by atoms with van der Waals surface area (Å²) in [5, 5.41) is 22.1. The van der Waals surface area contributed by atoms with E-state index in [1.165, 1.54) is 0 Å². The molecule has 1 fully saturated rings. The Morgan fingerprint density at radius 2 is 1.87 bits per heavy atom. The zero-order valence-corrected chi connectivity index (χ0v) is 21.6. The molecular formula is C28H32F3N3O5. The molecule has 0 aliphatic carbocycles. The second-order valence-corrected chi connectivity index (χ2v) is 9.81. The molecule has 0 radical (unpaired) electrons. The lowest BCUT2D eigenvalue weighted by atomic mass is 9.74. The predicted octanol–water partition coefficient (Wildman–Crippen LogP) is 4.18. The Hall–Kier alpha value is -3.41. The summed E-state index contributed by atoms with van der Waals surface area (Å²) < 4.78 is 51.2. The first-order chi connectivity index (χ1) is 18.7. The molecule has 0 amide bonds. The number of halogens is 3. The molecule has 1 aromatic heterocycles. The number of hydrogen-bond acceptors (Lipinski definition) is 7. The predicted molar refractivity (Wildman–Crippen MR) is 138 cm³/mol. The van der Waals surface area contributed by atoms with Crippen LogP contribution in [-0.4, -0.2) is 59.4 Å². The molecule has 8 nitrogen and oxygen atoms in total. The number of ether oxygens (including phenoxy) is 2. The number of likely N-dealkylation sites (tertiary alicyclic amines) is 1. The number of aliphatic carboxylic acids is 1. The maximum atomic E-state index is 13.8. The lowest BCUT2D eigenvalue weighted by Crippen LogP contribution is -2.45. The Bertz CT molecular complexity index is 1300. The zero-order chi connectivity index (χ0) is 28.2. The summed E-state index contributed by atoms with van der Waals surface area (Å²) in [5.41, 5.74) is 6.87. The van der Waals surface area contributed by atoms with E-state index >= 15 is 0 Å². The highest BCUT2D eigenvalue weighted by atomic mass is 19.1. The van der Waals surface area contributed by atoms with Gasteiger partial charge >= 0.3 is 5.97 Å². The number of benzene rings is 2. The fourth-order valence-electron chi connectivity index (χ4n) is 5.19. The third-order valence-corrected chi connectivity index (χ3v) is 7.53. The van der Waals surface area contributed by atoms with Crippen molar-refractivity contribution in [2.45, 2.75) is 38.3 Å². The number of carboxylic acid groups (broad SMARTS) is 1. The quantitative estimate of drug-likeness (QED) is 0.327. The van der Waals surface area contributed by atoms with Crippen LogP contribution in [0.4, 0.5) is 13.2 Å². The minimum Gasteiger partial charge on any atom is -0.497 e. The maximum Gasteiger partial charge on any atom is 0.309 e. The van der Waals surface area contributed by atoms with Gasteiger partial charge in [0, 0.05) is 36.8 Å². The SMILES string of the molecule is COc1ccc2ncc(CN)c(C(O)CCC3(C(=O)O)CCN(CCOc4c(F)cc(F)cc4F)CC3)c2c1. The van der Waals surface area contributed by atoms with E-state index in [1.54, 1.807) is 31.5 Å². The van der Waals surface area contributed by atoms with E-state index in [0.29, 0.717) is 72.4 Å². The second-order valence-electron chi connectivity index (χ2n) is 9.81. The number of hydrogen-bond donors (Lipinski definition) is 3. The van der Waals surface area contributed by atoms with Crippen molar-refractivity contribution in [1.29, 1.82) is 0 Å². The van der Waals surface area contributed by atoms with Crippen molar-refractivity contribution in [2.24, 2.45) is 11.1 Å². The van der Waals surface area contributed by atoms with E-state index in [-0.39, 0.29) is 26.0 Å². The third-order valence-electron chi connectivity index (χ3n) is 7.53. The average Bonchev–Trinajstić information content (AvgIpc) is 2.92. The minimum atomic E-state index is -1.12. The molecule has 0 saturated carbocycles. The molecule has 0 bridgehead atoms. The van der Waals surface area contributed by atoms with Gasteiger partial charge in [0.15, 0.2) is 17.4 Å². The largest absolute Gasteiger partial charge is 0.497 e. The molecule has 1 saturated heterocycles. The van der Waals surface area contributed by atoms with Crippen LogP contribution >= 0.6 is 0 Å². The van der Waals surface area contributed by atoms with E-state index in [0.717, 1.165) is 0 Å². The number of fused-ring (bicyclic) bond motifs is 1. The van der Waals surface area contributed by atoms with Gasteiger partial charge in [0.25, 0.3) is 0 Å². The van der Waals surface area contributed by atoms with Crippen molar-refractivity contribution in [3.05, 3.63) is 65.1 Å². The monoisotopic (exact) mass is 547 g/mol. The van der Waals surface area contributed by atoms with Crippen molar-refractivity contribution in [3.8, 4) is 11.5 Å². The Morgan fingerprint density at radius 3 is 2.49 bits per heavy atom. The van der Waals surface area contributed by atoms with Crippen molar-refractivity contribution in [1.82, 2.24) is 9.88 Å². The van der Waals surface area contributed by atoms with Crippen molar-refractivity contribution < 1.29 is 37.7 Å². The summed E-state index contributed by atoms with van der Waals surface area (Å²) in [4.78, 5) is 18.7. The van der Waals surface area contributed by atoms with Crippen LogP contribution in [0.3, 0.4) is 0 Å². The fraction of sp³-hybridized carbons (Fsp3) is 0.429. The molecule has 3 aromatic rings. The van der Waals surface area contributed by atoms with Gasteiger partial charge in [-0.15, -0.1) is 0 Å². The number of nitrogens with two attached hydrogens (primary N) is 1. The number of methoxy groups -OCH3 is 1. The first kappa shape index (κ1) is 28.6. The van der Waals surface area contributed by atoms with Crippen LogP contribution in [0.1, 0.15) is 42.9 Å². The van der Waals surface area contributed by atoms with Gasteiger partial charge in [-0.3, -0.25) is 14.7 Å². The summed E-state index contributed by atoms with van der Waals surface area (Å²) in [6, 6.07) is 6.46. The van der Waals surface area contributed by atoms with E-state index in [2.05, 4.69) is 4.98 Å². The van der Waals surface area contributed by atoms with Gasteiger partial charge in [0.2, 0.25) is 0 Å². The van der Waals surface area contributed by atoms with Crippen molar-refractivity contribution in [3.63, 3.8) is 0 Å². The highest BCUT2D eigenvalue weighted by Crippen LogP contribution is 2.40. The summed E-state index contributed by atoms with van der Waals surface area (Å²) in [7, 11) is 1.55. The number of carbonyl (C=O) groups is 1. The number of aliphatic hydroxyl groups excluding tert-OH is 1. The topological polar surface area (TPSA) is 118 Å². The zero-order valence-electron chi connectivity index (χ0n) is 21.6. The first-order valence-corrected chi connectivity index (χ1v) is 12.7. The molecular weight excluding hydrogens is 515 g/mol. The molecule has 1 aliphatic rings. The van der Waals surface area contributed by atoms with Gasteiger partial charge in [-0.25, -0.2) is 13.2 Å². The summed E-state index contributed by atoms with van der Waals surface area (Å²) in [6.45, 7) is 1.31. The number of aromatic nitrogens is 1.